The zero-order chi connectivity index (χ0) is 28.8. The van der Waals surface area contributed by atoms with Crippen molar-refractivity contribution in [3.8, 4) is 33.6 Å². The van der Waals surface area contributed by atoms with E-state index in [0.29, 0.717) is 24.7 Å². The number of benzene rings is 4. The Labute approximate surface area is 246 Å². The third-order valence-corrected chi connectivity index (χ3v) is 8.12. The molecule has 0 amide bonds. The summed E-state index contributed by atoms with van der Waals surface area (Å²) in [6.45, 7) is 7.31. The van der Waals surface area contributed by atoms with Crippen molar-refractivity contribution in [2.75, 3.05) is 27.4 Å². The fraction of sp³-hybridized carbons (Fsp3) is 0.229. The first-order valence-corrected chi connectivity index (χ1v) is 14.5. The molecule has 0 saturated heterocycles. The molecule has 5 nitrogen and oxygen atoms in total. The van der Waals surface area contributed by atoms with E-state index >= 15 is 0 Å². The zero-order valence-corrected chi connectivity index (χ0v) is 25.0. The summed E-state index contributed by atoms with van der Waals surface area (Å²) >= 11 is 1.71. The Morgan fingerprint density at radius 3 is 2.15 bits per heavy atom. The number of nitrogens with zero attached hydrogens (tertiary/aromatic N) is 1. The summed E-state index contributed by atoms with van der Waals surface area (Å²) in [7, 11) is 3.36. The first-order valence-electron chi connectivity index (χ1n) is 13.7. The second kappa shape index (κ2) is 12.9. The van der Waals surface area contributed by atoms with Crippen LogP contribution in [0.25, 0.3) is 32.9 Å². The standard InChI is InChI=1S/C35H35NO4S/c1-23-19-27(22-32(38-5)25(23)3)12-11-26-13-15-31(37-4)33(21-26)40-18-8-17-39-30-16-14-28(20-24(30)2)35-36-29-9-6-7-10-34(29)41-35/h6-7,9-16,19-22H,8,17-18H2,1-5H3/b12-11-. The maximum absolute atomic E-state index is 6.10. The molecule has 41 heavy (non-hydrogen) atoms. The highest BCUT2D eigenvalue weighted by Gasteiger charge is 2.10. The molecule has 1 aromatic heterocycles. The van der Waals surface area contributed by atoms with Crippen LogP contribution >= 0.6 is 11.3 Å². The monoisotopic (exact) mass is 565 g/mol. The maximum Gasteiger partial charge on any atom is 0.161 e. The van der Waals surface area contributed by atoms with Gasteiger partial charge in [-0.3, -0.25) is 0 Å². The van der Waals surface area contributed by atoms with E-state index in [1.165, 1.54) is 10.3 Å². The Bertz CT molecular complexity index is 1650. The van der Waals surface area contributed by atoms with E-state index in [1.807, 2.05) is 42.5 Å². The van der Waals surface area contributed by atoms with Crippen LogP contribution in [0.5, 0.6) is 23.0 Å². The minimum atomic E-state index is 0.515. The number of aryl methyl sites for hydroxylation is 2. The van der Waals surface area contributed by atoms with Gasteiger partial charge >= 0.3 is 0 Å². The number of rotatable bonds is 11. The molecule has 0 unspecified atom stereocenters. The van der Waals surface area contributed by atoms with Crippen LogP contribution < -0.4 is 18.9 Å². The van der Waals surface area contributed by atoms with Gasteiger partial charge in [0.2, 0.25) is 0 Å². The molecule has 6 heteroatoms. The average molecular weight is 566 g/mol. The van der Waals surface area contributed by atoms with E-state index in [0.717, 1.165) is 56.3 Å². The van der Waals surface area contributed by atoms with Crippen LogP contribution in [0, 0.1) is 20.8 Å². The normalized spacial score (nSPS) is 11.2. The fourth-order valence-corrected chi connectivity index (χ4v) is 5.59. The van der Waals surface area contributed by atoms with Crippen molar-refractivity contribution in [1.82, 2.24) is 4.98 Å². The molecule has 5 aromatic rings. The van der Waals surface area contributed by atoms with Crippen molar-refractivity contribution in [1.29, 1.82) is 0 Å². The summed E-state index contributed by atoms with van der Waals surface area (Å²) in [4.78, 5) is 4.77. The Morgan fingerprint density at radius 2 is 1.39 bits per heavy atom. The van der Waals surface area contributed by atoms with E-state index in [4.69, 9.17) is 23.9 Å². The van der Waals surface area contributed by atoms with E-state index in [1.54, 1.807) is 25.6 Å². The van der Waals surface area contributed by atoms with Gasteiger partial charge in [0, 0.05) is 12.0 Å². The third kappa shape index (κ3) is 6.72. The first kappa shape index (κ1) is 28.2. The molecule has 0 N–H and O–H groups in total. The highest BCUT2D eigenvalue weighted by molar-refractivity contribution is 7.21. The molecular weight excluding hydrogens is 530 g/mol. The molecule has 0 aliphatic carbocycles. The Balaban J connectivity index is 1.16. The van der Waals surface area contributed by atoms with E-state index in [2.05, 4.69) is 63.3 Å². The Kier molecular flexibility index (Phi) is 8.90. The number of aromatic nitrogens is 1. The lowest BCUT2D eigenvalue weighted by Crippen LogP contribution is -2.06. The van der Waals surface area contributed by atoms with Crippen LogP contribution in [-0.2, 0) is 0 Å². The van der Waals surface area contributed by atoms with Crippen molar-refractivity contribution in [3.05, 3.63) is 101 Å². The van der Waals surface area contributed by atoms with Gasteiger partial charge in [-0.1, -0.05) is 36.4 Å². The van der Waals surface area contributed by atoms with Crippen molar-refractivity contribution >= 4 is 33.7 Å². The average Bonchev–Trinajstić information content (AvgIpc) is 3.43. The fourth-order valence-electron chi connectivity index (χ4n) is 4.63. The second-order valence-corrected chi connectivity index (χ2v) is 11.0. The molecule has 0 bridgehead atoms. The summed E-state index contributed by atoms with van der Waals surface area (Å²) in [6, 6.07) is 24.6. The smallest absolute Gasteiger partial charge is 0.161 e. The van der Waals surface area contributed by atoms with Gasteiger partial charge in [-0.25, -0.2) is 4.98 Å². The van der Waals surface area contributed by atoms with Crippen molar-refractivity contribution in [2.24, 2.45) is 0 Å². The largest absolute Gasteiger partial charge is 0.496 e. The van der Waals surface area contributed by atoms with E-state index < -0.39 is 0 Å². The number of methoxy groups -OCH3 is 2. The predicted octanol–water partition coefficient (Wildman–Crippen LogP) is 8.92. The molecule has 0 aliphatic heterocycles. The number of thiazole rings is 1. The molecule has 1 heterocycles. The quantitative estimate of drug-likeness (QED) is 0.118. The lowest BCUT2D eigenvalue weighted by atomic mass is 10.0. The van der Waals surface area contributed by atoms with Crippen LogP contribution in [0.1, 0.15) is 34.2 Å². The molecule has 0 saturated carbocycles. The van der Waals surface area contributed by atoms with Crippen LogP contribution in [0.3, 0.4) is 0 Å². The third-order valence-electron chi connectivity index (χ3n) is 7.04. The minimum Gasteiger partial charge on any atom is -0.496 e. The van der Waals surface area contributed by atoms with E-state index in [-0.39, 0.29) is 0 Å². The van der Waals surface area contributed by atoms with Gasteiger partial charge in [0.15, 0.2) is 11.5 Å². The second-order valence-electron chi connectivity index (χ2n) is 9.93. The van der Waals surface area contributed by atoms with Gasteiger partial charge in [0.25, 0.3) is 0 Å². The van der Waals surface area contributed by atoms with Crippen molar-refractivity contribution in [2.45, 2.75) is 27.2 Å². The summed E-state index contributed by atoms with van der Waals surface area (Å²) in [5.74, 6) is 3.19. The molecule has 0 aliphatic rings. The topological polar surface area (TPSA) is 49.8 Å². The molecule has 0 atom stereocenters. The molecule has 0 fully saturated rings. The van der Waals surface area contributed by atoms with Gasteiger partial charge in [0.1, 0.15) is 16.5 Å². The van der Waals surface area contributed by atoms with Crippen LogP contribution in [-0.4, -0.2) is 32.4 Å². The summed E-state index contributed by atoms with van der Waals surface area (Å²) in [5, 5.41) is 1.02. The summed E-state index contributed by atoms with van der Waals surface area (Å²) in [6.07, 6.45) is 4.89. The van der Waals surface area contributed by atoms with Crippen LogP contribution in [0.15, 0.2) is 72.8 Å². The zero-order valence-electron chi connectivity index (χ0n) is 24.2. The number of para-hydroxylation sites is 1. The number of hydrogen-bond acceptors (Lipinski definition) is 6. The molecule has 4 aromatic carbocycles. The van der Waals surface area contributed by atoms with Gasteiger partial charge in [-0.05, 0) is 97.1 Å². The lowest BCUT2D eigenvalue weighted by molar-refractivity contribution is 0.239. The van der Waals surface area contributed by atoms with Gasteiger partial charge in [-0.15, -0.1) is 11.3 Å². The summed E-state index contributed by atoms with van der Waals surface area (Å²) < 4.78 is 24.4. The predicted molar refractivity (Wildman–Crippen MR) is 170 cm³/mol. The Hall–Kier alpha value is -4.29. The van der Waals surface area contributed by atoms with Crippen molar-refractivity contribution in [3.63, 3.8) is 0 Å². The van der Waals surface area contributed by atoms with Crippen LogP contribution in [0.2, 0.25) is 0 Å². The minimum absolute atomic E-state index is 0.515. The SMILES string of the molecule is COc1ccc(/C=C\c2cc(C)c(C)c(OC)c2)cc1OCCCOc1ccc(-c2nc3ccccc3s2)cc1C. The maximum atomic E-state index is 6.10. The first-order chi connectivity index (χ1) is 19.9. The van der Waals surface area contributed by atoms with Gasteiger partial charge in [0.05, 0.1) is 37.6 Å². The number of hydrogen-bond donors (Lipinski definition) is 0. The highest BCUT2D eigenvalue weighted by atomic mass is 32.1. The summed E-state index contributed by atoms with van der Waals surface area (Å²) in [5.41, 5.74) is 7.70. The van der Waals surface area contributed by atoms with Crippen LogP contribution in [0.4, 0.5) is 0 Å². The molecule has 0 radical (unpaired) electrons. The van der Waals surface area contributed by atoms with E-state index in [9.17, 15) is 0 Å². The number of fused-ring (bicyclic) bond motifs is 1. The number of ether oxygens (including phenoxy) is 4. The molecule has 5 rings (SSSR count). The van der Waals surface area contributed by atoms with Gasteiger partial charge < -0.3 is 18.9 Å². The van der Waals surface area contributed by atoms with Gasteiger partial charge in [-0.2, -0.15) is 0 Å². The molecule has 210 valence electrons. The van der Waals surface area contributed by atoms with Crippen molar-refractivity contribution < 1.29 is 18.9 Å². The molecular formula is C35H35NO4S. The Morgan fingerprint density at radius 1 is 0.683 bits per heavy atom. The lowest BCUT2D eigenvalue weighted by Gasteiger charge is -2.13. The highest BCUT2D eigenvalue weighted by Crippen LogP contribution is 2.33. The molecule has 0 spiro atoms.